The molecule has 2 rings (SSSR count). The number of nitrogens with zero attached hydrogens (tertiary/aromatic N) is 1. The molecule has 0 aromatic rings. The first kappa shape index (κ1) is 19.0. The first-order chi connectivity index (χ1) is 11.7. The van der Waals surface area contributed by atoms with Gasteiger partial charge in [-0.3, -0.25) is 9.59 Å². The van der Waals surface area contributed by atoms with Crippen LogP contribution in [0.4, 0.5) is 0 Å². The van der Waals surface area contributed by atoms with Gasteiger partial charge in [0.2, 0.25) is 5.91 Å². The third-order valence-electron chi connectivity index (χ3n) is 5.44. The molecule has 0 aromatic heterocycles. The predicted molar refractivity (Wildman–Crippen MR) is 95.6 cm³/mol. The van der Waals surface area contributed by atoms with E-state index >= 15 is 0 Å². The van der Waals surface area contributed by atoms with Crippen LogP contribution in [0.1, 0.15) is 77.0 Å². The monoisotopic (exact) mass is 335 g/mol. The fraction of sp³-hybridized carbons (Fsp3) is 0.800. The van der Waals surface area contributed by atoms with Crippen LogP contribution in [0.3, 0.4) is 0 Å². The van der Waals surface area contributed by atoms with Crippen molar-refractivity contribution in [1.82, 2.24) is 4.90 Å². The number of hydrogen-bond donors (Lipinski definition) is 0. The Morgan fingerprint density at radius 3 is 2.58 bits per heavy atom. The molecular weight excluding hydrogens is 302 g/mol. The summed E-state index contributed by atoms with van der Waals surface area (Å²) in [5.74, 6) is 0.533. The lowest BCUT2D eigenvalue weighted by atomic mass is 9.86. The summed E-state index contributed by atoms with van der Waals surface area (Å²) < 4.78 is 4.74. The van der Waals surface area contributed by atoms with E-state index in [0.29, 0.717) is 25.3 Å². The van der Waals surface area contributed by atoms with Crippen molar-refractivity contribution < 1.29 is 14.3 Å². The molecule has 0 aliphatic heterocycles. The van der Waals surface area contributed by atoms with Gasteiger partial charge in [0.15, 0.2) is 0 Å². The van der Waals surface area contributed by atoms with Gasteiger partial charge in [-0.15, -0.1) is 0 Å². The minimum Gasteiger partial charge on any atom is -0.469 e. The van der Waals surface area contributed by atoms with Gasteiger partial charge in [0, 0.05) is 19.5 Å². The topological polar surface area (TPSA) is 46.6 Å². The molecule has 2 aliphatic rings. The number of amides is 1. The van der Waals surface area contributed by atoms with E-state index in [2.05, 4.69) is 6.08 Å². The van der Waals surface area contributed by atoms with Gasteiger partial charge in [0.05, 0.1) is 13.5 Å². The lowest BCUT2D eigenvalue weighted by Crippen LogP contribution is -2.35. The Kier molecular flexibility index (Phi) is 8.34. The molecule has 0 N–H and O–H groups in total. The minimum absolute atomic E-state index is 0.224. The van der Waals surface area contributed by atoms with E-state index < -0.39 is 0 Å². The van der Waals surface area contributed by atoms with E-state index in [1.807, 2.05) is 4.90 Å². The standard InChI is InChI=1S/C20H33NO3/c1-24-20(23)13-15-21(14-12-17-8-4-2-5-9-17)19(22)16-18-10-6-3-7-11-18/h8,18H,2-7,9-16H2,1H3. The van der Waals surface area contributed by atoms with Crippen LogP contribution in [0.2, 0.25) is 0 Å². The Bertz CT molecular complexity index is 438. The Morgan fingerprint density at radius 1 is 1.12 bits per heavy atom. The fourth-order valence-electron chi connectivity index (χ4n) is 3.87. The zero-order chi connectivity index (χ0) is 17.2. The minimum atomic E-state index is -0.234. The lowest BCUT2D eigenvalue weighted by Gasteiger charge is -2.27. The molecule has 1 fully saturated rings. The van der Waals surface area contributed by atoms with E-state index in [1.54, 1.807) is 0 Å². The van der Waals surface area contributed by atoms with Crippen LogP contribution in [-0.2, 0) is 14.3 Å². The summed E-state index contributed by atoms with van der Waals surface area (Å²) in [7, 11) is 1.41. The molecule has 0 spiro atoms. The van der Waals surface area contributed by atoms with Gasteiger partial charge in [0.1, 0.15) is 0 Å². The van der Waals surface area contributed by atoms with E-state index in [1.165, 1.54) is 70.5 Å². The number of carbonyl (C=O) groups is 2. The Morgan fingerprint density at radius 2 is 1.92 bits per heavy atom. The highest BCUT2D eigenvalue weighted by molar-refractivity contribution is 5.77. The highest BCUT2D eigenvalue weighted by atomic mass is 16.5. The van der Waals surface area contributed by atoms with E-state index in [-0.39, 0.29) is 11.9 Å². The van der Waals surface area contributed by atoms with Crippen LogP contribution in [-0.4, -0.2) is 37.0 Å². The number of methoxy groups -OCH3 is 1. The average Bonchev–Trinajstić information content (AvgIpc) is 2.63. The Balaban J connectivity index is 1.85. The molecule has 0 aromatic carbocycles. The zero-order valence-electron chi connectivity index (χ0n) is 15.2. The summed E-state index contributed by atoms with van der Waals surface area (Å²) in [6, 6.07) is 0. The molecule has 2 aliphatic carbocycles. The first-order valence-corrected chi connectivity index (χ1v) is 9.71. The second kappa shape index (κ2) is 10.5. The van der Waals surface area contributed by atoms with Gasteiger partial charge in [-0.2, -0.15) is 0 Å². The van der Waals surface area contributed by atoms with Gasteiger partial charge in [-0.1, -0.05) is 30.9 Å². The van der Waals surface area contributed by atoms with Gasteiger partial charge in [-0.25, -0.2) is 0 Å². The van der Waals surface area contributed by atoms with Crippen molar-refractivity contribution in [3.63, 3.8) is 0 Å². The molecule has 4 heteroatoms. The number of hydrogen-bond acceptors (Lipinski definition) is 3. The van der Waals surface area contributed by atoms with Gasteiger partial charge >= 0.3 is 5.97 Å². The molecule has 1 saturated carbocycles. The van der Waals surface area contributed by atoms with Crippen LogP contribution in [0.25, 0.3) is 0 Å². The van der Waals surface area contributed by atoms with Crippen LogP contribution in [0, 0.1) is 5.92 Å². The molecule has 4 nitrogen and oxygen atoms in total. The first-order valence-electron chi connectivity index (χ1n) is 9.71. The summed E-state index contributed by atoms with van der Waals surface area (Å²) in [6.45, 7) is 1.24. The summed E-state index contributed by atoms with van der Waals surface area (Å²) in [4.78, 5) is 26.1. The van der Waals surface area contributed by atoms with Crippen molar-refractivity contribution in [2.75, 3.05) is 20.2 Å². The summed E-state index contributed by atoms with van der Waals surface area (Å²) in [5, 5.41) is 0. The van der Waals surface area contributed by atoms with Gasteiger partial charge in [-0.05, 0) is 50.9 Å². The maximum Gasteiger partial charge on any atom is 0.307 e. The van der Waals surface area contributed by atoms with Crippen LogP contribution < -0.4 is 0 Å². The van der Waals surface area contributed by atoms with Crippen LogP contribution in [0.15, 0.2) is 11.6 Å². The molecule has 136 valence electrons. The molecule has 0 saturated heterocycles. The van der Waals surface area contributed by atoms with Crippen molar-refractivity contribution in [2.24, 2.45) is 5.92 Å². The maximum absolute atomic E-state index is 12.7. The van der Waals surface area contributed by atoms with E-state index in [9.17, 15) is 9.59 Å². The van der Waals surface area contributed by atoms with Gasteiger partial charge in [0.25, 0.3) is 0 Å². The average molecular weight is 335 g/mol. The second-order valence-corrected chi connectivity index (χ2v) is 7.27. The van der Waals surface area contributed by atoms with Crippen LogP contribution >= 0.6 is 0 Å². The number of carbonyl (C=O) groups excluding carboxylic acids is 2. The van der Waals surface area contributed by atoms with Gasteiger partial charge < -0.3 is 9.64 Å². The predicted octanol–water partition coefficient (Wildman–Crippen LogP) is 4.24. The third kappa shape index (κ3) is 6.66. The van der Waals surface area contributed by atoms with Crippen molar-refractivity contribution in [3.8, 4) is 0 Å². The normalized spacial score (nSPS) is 18.8. The molecule has 1 amide bonds. The Hall–Kier alpha value is -1.32. The number of rotatable bonds is 8. The maximum atomic E-state index is 12.7. The number of allylic oxidation sites excluding steroid dienone is 1. The quantitative estimate of drug-likeness (QED) is 0.492. The molecule has 0 unspecified atom stereocenters. The number of esters is 1. The lowest BCUT2D eigenvalue weighted by molar-refractivity contribution is -0.141. The van der Waals surface area contributed by atoms with Crippen LogP contribution in [0.5, 0.6) is 0 Å². The SMILES string of the molecule is COC(=O)CCN(CCC1=CCCCC1)C(=O)CC1CCCCC1. The Labute approximate surface area is 146 Å². The molecule has 0 atom stereocenters. The van der Waals surface area contributed by atoms with E-state index in [0.717, 1.165) is 13.0 Å². The smallest absolute Gasteiger partial charge is 0.307 e. The largest absolute Gasteiger partial charge is 0.469 e. The molecule has 0 heterocycles. The fourth-order valence-corrected chi connectivity index (χ4v) is 3.87. The molecule has 0 radical (unpaired) electrons. The highest BCUT2D eigenvalue weighted by Gasteiger charge is 2.22. The third-order valence-corrected chi connectivity index (χ3v) is 5.44. The molecular formula is C20H33NO3. The summed E-state index contributed by atoms with van der Waals surface area (Å²) in [6.07, 6.45) is 15.3. The van der Waals surface area contributed by atoms with Crippen molar-refractivity contribution in [1.29, 1.82) is 0 Å². The second-order valence-electron chi connectivity index (χ2n) is 7.27. The number of ether oxygens (including phenoxy) is 1. The van der Waals surface area contributed by atoms with Crippen molar-refractivity contribution in [3.05, 3.63) is 11.6 Å². The summed E-state index contributed by atoms with van der Waals surface area (Å²) >= 11 is 0. The summed E-state index contributed by atoms with van der Waals surface area (Å²) in [5.41, 5.74) is 1.48. The zero-order valence-corrected chi connectivity index (χ0v) is 15.2. The highest BCUT2D eigenvalue weighted by Crippen LogP contribution is 2.27. The van der Waals surface area contributed by atoms with E-state index in [4.69, 9.17) is 4.74 Å². The molecule has 0 bridgehead atoms. The molecule has 24 heavy (non-hydrogen) atoms. The van der Waals surface area contributed by atoms with Crippen molar-refractivity contribution >= 4 is 11.9 Å². The van der Waals surface area contributed by atoms with Crippen molar-refractivity contribution in [2.45, 2.75) is 77.0 Å².